The largest absolute Gasteiger partial charge is 0.106 e. The van der Waals surface area contributed by atoms with Gasteiger partial charge in [-0.25, -0.2) is 0 Å². The van der Waals surface area contributed by atoms with Crippen molar-refractivity contribution in [3.63, 3.8) is 0 Å². The molecule has 2 rings (SSSR count). The Morgan fingerprint density at radius 2 is 1.86 bits per heavy atom. The van der Waals surface area contributed by atoms with Crippen LogP contribution in [0.25, 0.3) is 5.57 Å². The van der Waals surface area contributed by atoms with Gasteiger partial charge in [0.2, 0.25) is 0 Å². The lowest BCUT2D eigenvalue weighted by Gasteiger charge is -2.06. The van der Waals surface area contributed by atoms with Gasteiger partial charge in [0.25, 0.3) is 0 Å². The minimum absolute atomic E-state index is 0.933. The van der Waals surface area contributed by atoms with E-state index in [1.807, 2.05) is 0 Å². The highest BCUT2D eigenvalue weighted by Crippen LogP contribution is 2.18. The van der Waals surface area contributed by atoms with E-state index in [9.17, 15) is 0 Å². The summed E-state index contributed by atoms with van der Waals surface area (Å²) in [6.07, 6.45) is 4.16. The van der Waals surface area contributed by atoms with Crippen LogP contribution in [0.1, 0.15) is 30.0 Å². The SMILES string of the molecule is C=C(C/C=C(\C)c1cccc(C)c1)Cc1ccc(P)cc1. The van der Waals surface area contributed by atoms with Crippen molar-refractivity contribution in [1.82, 2.24) is 0 Å². The standard InChI is InChI=1S/C20H23P/c1-15-5-4-6-19(14-15)17(3)8-7-16(2)13-18-9-11-20(21)12-10-18/h4-6,8-12,14H,2,7,13,21H2,1,3H3/b17-8+. The van der Waals surface area contributed by atoms with Crippen molar-refractivity contribution >= 4 is 20.1 Å². The van der Waals surface area contributed by atoms with Crippen molar-refractivity contribution in [3.05, 3.63) is 83.4 Å². The van der Waals surface area contributed by atoms with Gasteiger partial charge in [-0.3, -0.25) is 0 Å². The van der Waals surface area contributed by atoms with Gasteiger partial charge in [-0.15, -0.1) is 9.24 Å². The van der Waals surface area contributed by atoms with Crippen LogP contribution >= 0.6 is 9.24 Å². The third-order valence-electron chi connectivity index (χ3n) is 3.60. The van der Waals surface area contributed by atoms with E-state index in [0.717, 1.165) is 12.8 Å². The van der Waals surface area contributed by atoms with Crippen LogP contribution in [0.3, 0.4) is 0 Å². The fraction of sp³-hybridized carbons (Fsp3) is 0.200. The Labute approximate surface area is 130 Å². The summed E-state index contributed by atoms with van der Waals surface area (Å²) < 4.78 is 0. The molecule has 2 aromatic rings. The molecule has 0 nitrogen and oxygen atoms in total. The summed E-state index contributed by atoms with van der Waals surface area (Å²) in [5.41, 5.74) is 6.50. The lowest BCUT2D eigenvalue weighted by atomic mass is 10.00. The van der Waals surface area contributed by atoms with E-state index in [2.05, 4.69) is 84.3 Å². The van der Waals surface area contributed by atoms with E-state index in [1.165, 1.54) is 33.1 Å². The van der Waals surface area contributed by atoms with Gasteiger partial charge in [0.15, 0.2) is 0 Å². The highest BCUT2D eigenvalue weighted by Gasteiger charge is 1.99. The Morgan fingerprint density at radius 1 is 1.14 bits per heavy atom. The van der Waals surface area contributed by atoms with Crippen LogP contribution in [-0.4, -0.2) is 0 Å². The molecule has 0 N–H and O–H groups in total. The minimum Gasteiger partial charge on any atom is -0.106 e. The van der Waals surface area contributed by atoms with Gasteiger partial charge < -0.3 is 0 Å². The summed E-state index contributed by atoms with van der Waals surface area (Å²) in [6.45, 7) is 8.51. The molecule has 0 fully saturated rings. The van der Waals surface area contributed by atoms with Crippen LogP contribution in [-0.2, 0) is 6.42 Å². The van der Waals surface area contributed by atoms with Crippen LogP contribution in [0.15, 0.2) is 66.8 Å². The maximum absolute atomic E-state index is 4.21. The number of hydrogen-bond donors (Lipinski definition) is 0. The highest BCUT2D eigenvalue weighted by molar-refractivity contribution is 7.27. The molecular formula is C20H23P. The van der Waals surface area contributed by atoms with Gasteiger partial charge in [0.05, 0.1) is 0 Å². The summed E-state index contributed by atoms with van der Waals surface area (Å²) in [5.74, 6) is 0. The van der Waals surface area contributed by atoms with Crippen molar-refractivity contribution in [2.24, 2.45) is 0 Å². The average molecular weight is 294 g/mol. The first-order valence-electron chi connectivity index (χ1n) is 7.29. The maximum atomic E-state index is 4.21. The van der Waals surface area contributed by atoms with Crippen molar-refractivity contribution in [2.75, 3.05) is 0 Å². The van der Waals surface area contributed by atoms with Gasteiger partial charge in [-0.1, -0.05) is 72.3 Å². The zero-order valence-electron chi connectivity index (χ0n) is 12.9. The van der Waals surface area contributed by atoms with Crippen molar-refractivity contribution in [3.8, 4) is 0 Å². The molecule has 2 aromatic carbocycles. The van der Waals surface area contributed by atoms with E-state index < -0.39 is 0 Å². The first-order valence-corrected chi connectivity index (χ1v) is 7.87. The van der Waals surface area contributed by atoms with E-state index in [1.54, 1.807) is 0 Å². The Morgan fingerprint density at radius 3 is 2.52 bits per heavy atom. The molecular weight excluding hydrogens is 271 g/mol. The van der Waals surface area contributed by atoms with Crippen molar-refractivity contribution < 1.29 is 0 Å². The van der Waals surface area contributed by atoms with Gasteiger partial charge >= 0.3 is 0 Å². The monoisotopic (exact) mass is 294 g/mol. The summed E-state index contributed by atoms with van der Waals surface area (Å²) in [6, 6.07) is 17.2. The summed E-state index contributed by atoms with van der Waals surface area (Å²) in [4.78, 5) is 0. The second kappa shape index (κ2) is 7.38. The fourth-order valence-corrected chi connectivity index (χ4v) is 2.49. The van der Waals surface area contributed by atoms with E-state index in [4.69, 9.17) is 0 Å². The van der Waals surface area contributed by atoms with Crippen molar-refractivity contribution in [1.29, 1.82) is 0 Å². The smallest absolute Gasteiger partial charge is 0.00667 e. The summed E-state index contributed by atoms with van der Waals surface area (Å²) in [5, 5.41) is 1.22. The Hall–Kier alpha value is -1.65. The van der Waals surface area contributed by atoms with E-state index in [0.29, 0.717) is 0 Å². The van der Waals surface area contributed by atoms with Crippen LogP contribution in [0.5, 0.6) is 0 Å². The average Bonchev–Trinajstić information content (AvgIpc) is 2.47. The Bertz CT molecular complexity index is 648. The van der Waals surface area contributed by atoms with Gasteiger partial charge in [-0.05, 0) is 48.7 Å². The predicted molar refractivity (Wildman–Crippen MR) is 98.1 cm³/mol. The van der Waals surface area contributed by atoms with E-state index >= 15 is 0 Å². The molecule has 0 heterocycles. The third kappa shape index (κ3) is 4.99. The summed E-state index contributed by atoms with van der Waals surface area (Å²) in [7, 11) is 2.71. The molecule has 0 spiro atoms. The molecule has 0 bridgehead atoms. The van der Waals surface area contributed by atoms with Gasteiger partial charge in [0, 0.05) is 0 Å². The number of hydrogen-bond acceptors (Lipinski definition) is 0. The molecule has 1 unspecified atom stereocenters. The number of allylic oxidation sites excluding steroid dienone is 3. The third-order valence-corrected chi connectivity index (χ3v) is 3.99. The van der Waals surface area contributed by atoms with Crippen LogP contribution in [0.4, 0.5) is 0 Å². The second-order valence-corrected chi connectivity index (χ2v) is 6.30. The number of benzene rings is 2. The Kier molecular flexibility index (Phi) is 5.53. The number of rotatable bonds is 5. The first kappa shape index (κ1) is 15.7. The molecule has 0 radical (unpaired) electrons. The topological polar surface area (TPSA) is 0 Å². The molecule has 1 heteroatoms. The molecule has 0 aliphatic heterocycles. The van der Waals surface area contributed by atoms with Crippen LogP contribution < -0.4 is 5.30 Å². The van der Waals surface area contributed by atoms with Gasteiger partial charge in [0.1, 0.15) is 0 Å². The molecule has 1 atom stereocenters. The fourth-order valence-electron chi connectivity index (χ4n) is 2.30. The number of aryl methyl sites for hydroxylation is 1. The normalized spacial score (nSPS) is 11.5. The molecule has 108 valence electrons. The quantitative estimate of drug-likeness (QED) is 0.532. The summed E-state index contributed by atoms with van der Waals surface area (Å²) >= 11 is 0. The lowest BCUT2D eigenvalue weighted by molar-refractivity contribution is 1.08. The zero-order valence-corrected chi connectivity index (χ0v) is 14.0. The van der Waals surface area contributed by atoms with E-state index in [-0.39, 0.29) is 0 Å². The molecule has 21 heavy (non-hydrogen) atoms. The Balaban J connectivity index is 1.96. The molecule has 0 aromatic heterocycles. The van der Waals surface area contributed by atoms with Crippen molar-refractivity contribution in [2.45, 2.75) is 26.7 Å². The zero-order chi connectivity index (χ0) is 15.2. The predicted octanol–water partition coefficient (Wildman–Crippen LogP) is 5.09. The highest BCUT2D eigenvalue weighted by atomic mass is 31.0. The van der Waals surface area contributed by atoms with Crippen LogP contribution in [0.2, 0.25) is 0 Å². The first-order chi connectivity index (χ1) is 10.0. The molecule has 0 aliphatic rings. The molecule has 0 amide bonds. The van der Waals surface area contributed by atoms with Crippen LogP contribution in [0, 0.1) is 6.92 Å². The minimum atomic E-state index is 0.933. The molecule has 0 saturated carbocycles. The molecule has 0 aliphatic carbocycles. The second-order valence-electron chi connectivity index (χ2n) is 5.63. The maximum Gasteiger partial charge on any atom is -0.00667 e. The van der Waals surface area contributed by atoms with Gasteiger partial charge in [-0.2, -0.15) is 0 Å². The lowest BCUT2D eigenvalue weighted by Crippen LogP contribution is -1.93. The molecule has 0 saturated heterocycles.